The van der Waals surface area contributed by atoms with Gasteiger partial charge in [-0.25, -0.2) is 0 Å². The molecular formula is C18H27N3O. The Morgan fingerprint density at radius 2 is 2.18 bits per heavy atom. The molecule has 2 aliphatic rings. The van der Waals surface area contributed by atoms with E-state index < -0.39 is 0 Å². The molecule has 1 unspecified atom stereocenters. The van der Waals surface area contributed by atoms with Crippen molar-refractivity contribution in [3.8, 4) is 0 Å². The zero-order valence-corrected chi connectivity index (χ0v) is 13.5. The molecule has 120 valence electrons. The van der Waals surface area contributed by atoms with Crippen LogP contribution in [0.4, 0.5) is 0 Å². The molecular weight excluding hydrogens is 274 g/mol. The molecule has 0 aromatic carbocycles. The first-order chi connectivity index (χ1) is 10.7. The molecule has 0 bridgehead atoms. The lowest BCUT2D eigenvalue weighted by atomic mass is 9.81. The third-order valence-corrected chi connectivity index (χ3v) is 5.23. The van der Waals surface area contributed by atoms with Gasteiger partial charge in [0.25, 0.3) is 0 Å². The molecule has 1 N–H and O–H groups in total. The first-order valence-electron chi connectivity index (χ1n) is 8.64. The Balaban J connectivity index is 1.64. The van der Waals surface area contributed by atoms with E-state index in [1.807, 2.05) is 12.3 Å². The van der Waals surface area contributed by atoms with E-state index in [1.165, 1.54) is 25.7 Å². The number of nitrogens with zero attached hydrogens (tertiary/aromatic N) is 2. The maximum Gasteiger partial charge on any atom is 0.223 e. The van der Waals surface area contributed by atoms with Gasteiger partial charge in [0.2, 0.25) is 5.91 Å². The van der Waals surface area contributed by atoms with Gasteiger partial charge in [0, 0.05) is 38.4 Å². The molecule has 1 aliphatic heterocycles. The molecule has 2 fully saturated rings. The minimum Gasteiger partial charge on any atom is -0.333 e. The fraction of sp³-hybridized carbons (Fsp3) is 0.667. The number of nitrogens with one attached hydrogen (secondary N) is 1. The van der Waals surface area contributed by atoms with Crippen LogP contribution in [0.5, 0.6) is 0 Å². The topological polar surface area (TPSA) is 45.2 Å². The van der Waals surface area contributed by atoms with Crippen molar-refractivity contribution in [2.24, 2.45) is 11.8 Å². The van der Waals surface area contributed by atoms with Gasteiger partial charge in [0.05, 0.1) is 6.04 Å². The monoisotopic (exact) mass is 301 g/mol. The molecule has 1 aliphatic carbocycles. The SMILES string of the molecule is CC1CCC(CC(=O)N2CCNCC2c2cccnc2)CC1. The van der Waals surface area contributed by atoms with Crippen molar-refractivity contribution < 1.29 is 4.79 Å². The van der Waals surface area contributed by atoms with Crippen molar-refractivity contribution in [3.05, 3.63) is 30.1 Å². The highest BCUT2D eigenvalue weighted by Gasteiger charge is 2.30. The van der Waals surface area contributed by atoms with Gasteiger partial charge >= 0.3 is 0 Å². The van der Waals surface area contributed by atoms with E-state index in [9.17, 15) is 4.79 Å². The van der Waals surface area contributed by atoms with Crippen LogP contribution in [0.15, 0.2) is 24.5 Å². The Morgan fingerprint density at radius 1 is 1.36 bits per heavy atom. The summed E-state index contributed by atoms with van der Waals surface area (Å²) in [5.41, 5.74) is 1.14. The summed E-state index contributed by atoms with van der Waals surface area (Å²) in [7, 11) is 0. The van der Waals surface area contributed by atoms with E-state index in [0.717, 1.165) is 37.5 Å². The highest BCUT2D eigenvalue weighted by molar-refractivity contribution is 5.77. The van der Waals surface area contributed by atoms with Crippen LogP contribution in [-0.4, -0.2) is 35.4 Å². The lowest BCUT2D eigenvalue weighted by molar-refractivity contribution is -0.135. The van der Waals surface area contributed by atoms with Gasteiger partial charge in [0.1, 0.15) is 0 Å². The van der Waals surface area contributed by atoms with Crippen molar-refractivity contribution in [2.75, 3.05) is 19.6 Å². The predicted octanol–water partition coefficient (Wildman–Crippen LogP) is 2.77. The van der Waals surface area contributed by atoms with Crippen LogP contribution in [0.25, 0.3) is 0 Å². The molecule has 0 radical (unpaired) electrons. The van der Waals surface area contributed by atoms with Gasteiger partial charge in [-0.05, 0) is 36.3 Å². The molecule has 22 heavy (non-hydrogen) atoms. The zero-order chi connectivity index (χ0) is 15.4. The largest absolute Gasteiger partial charge is 0.333 e. The van der Waals surface area contributed by atoms with Crippen LogP contribution < -0.4 is 5.32 Å². The lowest BCUT2D eigenvalue weighted by Crippen LogP contribution is -2.49. The number of hydrogen-bond donors (Lipinski definition) is 1. The first kappa shape index (κ1) is 15.5. The maximum absolute atomic E-state index is 12.8. The second kappa shape index (κ2) is 7.23. The van der Waals surface area contributed by atoms with Gasteiger partial charge in [0.15, 0.2) is 0 Å². The van der Waals surface area contributed by atoms with Gasteiger partial charge in [-0.15, -0.1) is 0 Å². The maximum atomic E-state index is 12.8. The number of rotatable bonds is 3. The number of pyridine rings is 1. The van der Waals surface area contributed by atoms with Crippen molar-refractivity contribution in [1.82, 2.24) is 15.2 Å². The van der Waals surface area contributed by atoms with E-state index in [4.69, 9.17) is 0 Å². The van der Waals surface area contributed by atoms with E-state index in [-0.39, 0.29) is 6.04 Å². The summed E-state index contributed by atoms with van der Waals surface area (Å²) in [5, 5.41) is 3.41. The Labute approximate surface area is 133 Å². The standard InChI is InChI=1S/C18H27N3O/c1-14-4-6-15(7-5-14)11-18(22)21-10-9-20-13-17(21)16-3-2-8-19-12-16/h2-3,8,12,14-15,17,20H,4-7,9-11,13H2,1H3. The number of aromatic nitrogens is 1. The Kier molecular flexibility index (Phi) is 5.08. The van der Waals surface area contributed by atoms with Crippen molar-refractivity contribution in [1.29, 1.82) is 0 Å². The number of hydrogen-bond acceptors (Lipinski definition) is 3. The summed E-state index contributed by atoms with van der Waals surface area (Å²) < 4.78 is 0. The zero-order valence-electron chi connectivity index (χ0n) is 13.5. The molecule has 1 amide bonds. The van der Waals surface area contributed by atoms with Gasteiger partial charge in [-0.2, -0.15) is 0 Å². The van der Waals surface area contributed by atoms with Gasteiger partial charge < -0.3 is 10.2 Å². The Morgan fingerprint density at radius 3 is 2.91 bits per heavy atom. The highest BCUT2D eigenvalue weighted by atomic mass is 16.2. The third-order valence-electron chi connectivity index (χ3n) is 5.23. The summed E-state index contributed by atoms with van der Waals surface area (Å²) in [5.74, 6) is 1.76. The molecule has 1 aromatic heterocycles. The average Bonchev–Trinajstić information content (AvgIpc) is 2.58. The second-order valence-corrected chi connectivity index (χ2v) is 6.92. The van der Waals surface area contributed by atoms with Crippen LogP contribution in [-0.2, 0) is 4.79 Å². The number of carbonyl (C=O) groups is 1. The second-order valence-electron chi connectivity index (χ2n) is 6.92. The van der Waals surface area contributed by atoms with Crippen LogP contribution in [0.3, 0.4) is 0 Å². The Hall–Kier alpha value is -1.42. The number of amides is 1. The normalized spacial score (nSPS) is 29.3. The fourth-order valence-corrected chi connectivity index (χ4v) is 3.77. The van der Waals surface area contributed by atoms with Crippen molar-refractivity contribution >= 4 is 5.91 Å². The minimum atomic E-state index is 0.137. The Bertz CT molecular complexity index is 482. The third kappa shape index (κ3) is 3.67. The molecule has 3 rings (SSSR count). The number of carbonyl (C=O) groups excluding carboxylic acids is 1. The molecule has 1 saturated carbocycles. The summed E-state index contributed by atoms with van der Waals surface area (Å²) in [6.07, 6.45) is 9.41. The van der Waals surface area contributed by atoms with Crippen molar-refractivity contribution in [2.45, 2.75) is 45.1 Å². The van der Waals surface area contributed by atoms with E-state index in [0.29, 0.717) is 11.8 Å². The van der Waals surface area contributed by atoms with Gasteiger partial charge in [-0.3, -0.25) is 9.78 Å². The first-order valence-corrected chi connectivity index (χ1v) is 8.64. The average molecular weight is 301 g/mol. The number of piperazine rings is 1. The van der Waals surface area contributed by atoms with E-state index in [2.05, 4.69) is 28.2 Å². The summed E-state index contributed by atoms with van der Waals surface area (Å²) in [4.78, 5) is 19.1. The smallest absolute Gasteiger partial charge is 0.223 e. The van der Waals surface area contributed by atoms with Gasteiger partial charge in [-0.1, -0.05) is 25.8 Å². The molecule has 2 heterocycles. The molecule has 1 atom stereocenters. The summed E-state index contributed by atoms with van der Waals surface area (Å²) in [6.45, 7) is 4.86. The minimum absolute atomic E-state index is 0.137. The molecule has 1 aromatic rings. The van der Waals surface area contributed by atoms with Crippen LogP contribution in [0, 0.1) is 11.8 Å². The fourth-order valence-electron chi connectivity index (χ4n) is 3.77. The molecule has 4 heteroatoms. The van der Waals surface area contributed by atoms with Crippen molar-refractivity contribution in [3.63, 3.8) is 0 Å². The lowest BCUT2D eigenvalue weighted by Gasteiger charge is -2.37. The van der Waals surface area contributed by atoms with Crippen LogP contribution in [0.2, 0.25) is 0 Å². The van der Waals surface area contributed by atoms with Crippen LogP contribution >= 0.6 is 0 Å². The quantitative estimate of drug-likeness (QED) is 0.933. The molecule has 0 spiro atoms. The molecule has 4 nitrogen and oxygen atoms in total. The van der Waals surface area contributed by atoms with E-state index >= 15 is 0 Å². The summed E-state index contributed by atoms with van der Waals surface area (Å²) >= 11 is 0. The van der Waals surface area contributed by atoms with Crippen LogP contribution in [0.1, 0.15) is 50.6 Å². The highest BCUT2D eigenvalue weighted by Crippen LogP contribution is 2.32. The summed E-state index contributed by atoms with van der Waals surface area (Å²) in [6, 6.07) is 4.17. The molecule has 1 saturated heterocycles. The van der Waals surface area contributed by atoms with E-state index in [1.54, 1.807) is 6.20 Å². The predicted molar refractivity (Wildman–Crippen MR) is 87.3 cm³/mol.